The van der Waals surface area contributed by atoms with Crippen molar-refractivity contribution in [3.63, 3.8) is 0 Å². The van der Waals surface area contributed by atoms with Crippen LogP contribution in [0.15, 0.2) is 0 Å². The van der Waals surface area contributed by atoms with Gasteiger partial charge in [0.05, 0.1) is 0 Å². The normalized spacial score (nSPS) is 26.5. The Morgan fingerprint density at radius 3 is 2.60 bits per heavy atom. The largest absolute Gasteiger partial charge is 0.480 e. The van der Waals surface area contributed by atoms with E-state index in [-0.39, 0.29) is 6.04 Å². The number of carbonyl (C=O) groups is 1. The predicted octanol–water partition coefficient (Wildman–Crippen LogP) is 0.876. The SMILES string of the molecule is CCC1CN(C(CC)C(=O)O)CCN1C. The van der Waals surface area contributed by atoms with Crippen LogP contribution in [0.5, 0.6) is 0 Å². The third kappa shape index (κ3) is 2.92. The summed E-state index contributed by atoms with van der Waals surface area (Å²) >= 11 is 0. The van der Waals surface area contributed by atoms with Crippen molar-refractivity contribution in [2.45, 2.75) is 38.8 Å². The minimum atomic E-state index is -0.683. The van der Waals surface area contributed by atoms with Gasteiger partial charge in [0.25, 0.3) is 0 Å². The van der Waals surface area contributed by atoms with Gasteiger partial charge in [0, 0.05) is 25.7 Å². The molecular weight excluding hydrogens is 192 g/mol. The molecular formula is C11H22N2O2. The molecule has 1 aliphatic rings. The van der Waals surface area contributed by atoms with Gasteiger partial charge in [-0.05, 0) is 19.9 Å². The first-order chi connectivity index (χ1) is 7.10. The first-order valence-corrected chi connectivity index (χ1v) is 5.77. The number of rotatable bonds is 4. The Morgan fingerprint density at radius 2 is 2.13 bits per heavy atom. The van der Waals surface area contributed by atoms with Crippen LogP contribution in [0.1, 0.15) is 26.7 Å². The molecule has 0 radical (unpaired) electrons. The van der Waals surface area contributed by atoms with Crippen molar-refractivity contribution in [3.05, 3.63) is 0 Å². The van der Waals surface area contributed by atoms with Crippen molar-refractivity contribution in [2.24, 2.45) is 0 Å². The van der Waals surface area contributed by atoms with Crippen LogP contribution >= 0.6 is 0 Å². The second kappa shape index (κ2) is 5.47. The standard InChI is InChI=1S/C11H22N2O2/c1-4-9-8-13(7-6-12(9)3)10(5-2)11(14)15/h9-10H,4-8H2,1-3H3,(H,14,15). The molecule has 0 amide bonds. The molecule has 0 aromatic carbocycles. The summed E-state index contributed by atoms with van der Waals surface area (Å²) in [5.74, 6) is -0.683. The Balaban J connectivity index is 2.60. The van der Waals surface area contributed by atoms with E-state index in [1.165, 1.54) is 0 Å². The number of hydrogen-bond acceptors (Lipinski definition) is 3. The van der Waals surface area contributed by atoms with Gasteiger partial charge in [-0.2, -0.15) is 0 Å². The van der Waals surface area contributed by atoms with Gasteiger partial charge in [-0.25, -0.2) is 0 Å². The minimum Gasteiger partial charge on any atom is -0.480 e. The molecule has 1 N–H and O–H groups in total. The zero-order valence-corrected chi connectivity index (χ0v) is 9.94. The highest BCUT2D eigenvalue weighted by atomic mass is 16.4. The van der Waals surface area contributed by atoms with Crippen molar-refractivity contribution in [2.75, 3.05) is 26.7 Å². The van der Waals surface area contributed by atoms with Crippen LogP contribution in [-0.4, -0.2) is 59.6 Å². The number of aliphatic carboxylic acids is 1. The number of likely N-dealkylation sites (N-methyl/N-ethyl adjacent to an activating group) is 1. The van der Waals surface area contributed by atoms with E-state index in [0.29, 0.717) is 12.5 Å². The highest BCUT2D eigenvalue weighted by Gasteiger charge is 2.30. The second-order valence-corrected chi connectivity index (χ2v) is 4.30. The van der Waals surface area contributed by atoms with E-state index in [1.54, 1.807) is 0 Å². The van der Waals surface area contributed by atoms with Crippen LogP contribution in [0.4, 0.5) is 0 Å². The van der Waals surface area contributed by atoms with E-state index in [4.69, 9.17) is 5.11 Å². The molecule has 0 aliphatic carbocycles. The molecule has 1 heterocycles. The zero-order chi connectivity index (χ0) is 11.4. The molecule has 15 heavy (non-hydrogen) atoms. The number of piperazine rings is 1. The number of nitrogens with zero attached hydrogens (tertiary/aromatic N) is 2. The van der Waals surface area contributed by atoms with Crippen LogP contribution in [0.2, 0.25) is 0 Å². The summed E-state index contributed by atoms with van der Waals surface area (Å²) in [6.07, 6.45) is 1.78. The summed E-state index contributed by atoms with van der Waals surface area (Å²) in [7, 11) is 2.12. The molecule has 88 valence electrons. The van der Waals surface area contributed by atoms with Crippen LogP contribution in [0.25, 0.3) is 0 Å². The summed E-state index contributed by atoms with van der Waals surface area (Å²) in [6, 6.07) is 0.208. The molecule has 1 fully saturated rings. The summed E-state index contributed by atoms with van der Waals surface area (Å²) in [5.41, 5.74) is 0. The molecule has 1 rings (SSSR count). The van der Waals surface area contributed by atoms with Crippen LogP contribution in [0.3, 0.4) is 0 Å². The Bertz CT molecular complexity index is 221. The third-order valence-electron chi connectivity index (χ3n) is 3.39. The number of carboxylic acids is 1. The summed E-state index contributed by atoms with van der Waals surface area (Å²) < 4.78 is 0. The van der Waals surface area contributed by atoms with Crippen LogP contribution < -0.4 is 0 Å². The maximum atomic E-state index is 11.1. The first-order valence-electron chi connectivity index (χ1n) is 5.77. The molecule has 0 bridgehead atoms. The van der Waals surface area contributed by atoms with E-state index in [2.05, 4.69) is 23.8 Å². The Labute approximate surface area is 91.9 Å². The van der Waals surface area contributed by atoms with Gasteiger partial charge in [0.2, 0.25) is 0 Å². The van der Waals surface area contributed by atoms with Crippen molar-refractivity contribution in [1.82, 2.24) is 9.80 Å². The van der Waals surface area contributed by atoms with Crippen molar-refractivity contribution in [3.8, 4) is 0 Å². The van der Waals surface area contributed by atoms with Crippen LogP contribution in [-0.2, 0) is 4.79 Å². The lowest BCUT2D eigenvalue weighted by Crippen LogP contribution is -2.55. The third-order valence-corrected chi connectivity index (χ3v) is 3.39. The van der Waals surface area contributed by atoms with Gasteiger partial charge in [0.15, 0.2) is 0 Å². The monoisotopic (exact) mass is 214 g/mol. The first kappa shape index (κ1) is 12.5. The quantitative estimate of drug-likeness (QED) is 0.754. The minimum absolute atomic E-state index is 0.298. The molecule has 4 heteroatoms. The van der Waals surface area contributed by atoms with E-state index in [0.717, 1.165) is 26.1 Å². The Morgan fingerprint density at radius 1 is 1.47 bits per heavy atom. The van der Waals surface area contributed by atoms with Gasteiger partial charge >= 0.3 is 5.97 Å². The summed E-state index contributed by atoms with van der Waals surface area (Å²) in [4.78, 5) is 15.5. The predicted molar refractivity (Wildman–Crippen MR) is 60.0 cm³/mol. The Hall–Kier alpha value is -0.610. The highest BCUT2D eigenvalue weighted by Crippen LogP contribution is 2.15. The fraction of sp³-hybridized carbons (Fsp3) is 0.909. The number of hydrogen-bond donors (Lipinski definition) is 1. The fourth-order valence-electron chi connectivity index (χ4n) is 2.28. The molecule has 0 saturated carbocycles. The molecule has 4 nitrogen and oxygen atoms in total. The van der Waals surface area contributed by atoms with Gasteiger partial charge in [-0.1, -0.05) is 13.8 Å². The average Bonchev–Trinajstić information content (AvgIpc) is 2.21. The van der Waals surface area contributed by atoms with Crippen molar-refractivity contribution in [1.29, 1.82) is 0 Å². The summed E-state index contributed by atoms with van der Waals surface area (Å²) in [5, 5.41) is 9.10. The molecule has 0 spiro atoms. The summed E-state index contributed by atoms with van der Waals surface area (Å²) in [6.45, 7) is 6.84. The molecule has 0 aromatic heterocycles. The van der Waals surface area contributed by atoms with E-state index >= 15 is 0 Å². The Kier molecular flexibility index (Phi) is 4.54. The van der Waals surface area contributed by atoms with E-state index < -0.39 is 5.97 Å². The lowest BCUT2D eigenvalue weighted by molar-refractivity contribution is -0.144. The molecule has 2 atom stereocenters. The zero-order valence-electron chi connectivity index (χ0n) is 9.94. The van der Waals surface area contributed by atoms with Crippen LogP contribution in [0, 0.1) is 0 Å². The lowest BCUT2D eigenvalue weighted by Gasteiger charge is -2.41. The molecule has 1 saturated heterocycles. The fourth-order valence-corrected chi connectivity index (χ4v) is 2.28. The van der Waals surface area contributed by atoms with Crippen molar-refractivity contribution >= 4 is 5.97 Å². The van der Waals surface area contributed by atoms with Gasteiger partial charge in [-0.15, -0.1) is 0 Å². The molecule has 0 aromatic rings. The second-order valence-electron chi connectivity index (χ2n) is 4.30. The van der Waals surface area contributed by atoms with Gasteiger partial charge in [-0.3, -0.25) is 9.69 Å². The average molecular weight is 214 g/mol. The lowest BCUT2D eigenvalue weighted by atomic mass is 10.1. The smallest absolute Gasteiger partial charge is 0.320 e. The topological polar surface area (TPSA) is 43.8 Å². The highest BCUT2D eigenvalue weighted by molar-refractivity contribution is 5.73. The number of carboxylic acid groups (broad SMARTS) is 1. The van der Waals surface area contributed by atoms with Crippen molar-refractivity contribution < 1.29 is 9.90 Å². The van der Waals surface area contributed by atoms with E-state index in [9.17, 15) is 4.79 Å². The molecule has 1 aliphatic heterocycles. The maximum Gasteiger partial charge on any atom is 0.320 e. The maximum absolute atomic E-state index is 11.1. The van der Waals surface area contributed by atoms with Gasteiger partial charge < -0.3 is 10.0 Å². The van der Waals surface area contributed by atoms with Gasteiger partial charge in [0.1, 0.15) is 6.04 Å². The van der Waals surface area contributed by atoms with E-state index in [1.807, 2.05) is 6.92 Å². The molecule has 2 unspecified atom stereocenters.